The van der Waals surface area contributed by atoms with Crippen molar-refractivity contribution in [2.45, 2.75) is 27.4 Å². The third-order valence-electron chi connectivity index (χ3n) is 5.82. The van der Waals surface area contributed by atoms with Crippen LogP contribution in [0.5, 0.6) is 11.5 Å². The highest BCUT2D eigenvalue weighted by atomic mass is 127. The van der Waals surface area contributed by atoms with E-state index in [0.29, 0.717) is 36.0 Å². The van der Waals surface area contributed by atoms with Crippen molar-refractivity contribution in [1.29, 1.82) is 0 Å². The molecule has 1 N–H and O–H groups in total. The molecule has 3 aromatic carbocycles. The third kappa shape index (κ3) is 5.88. The van der Waals surface area contributed by atoms with Crippen molar-refractivity contribution in [3.63, 3.8) is 0 Å². The number of amides is 4. The van der Waals surface area contributed by atoms with Crippen LogP contribution in [0.1, 0.15) is 29.2 Å². The highest BCUT2D eigenvalue weighted by Crippen LogP contribution is 2.36. The summed E-state index contributed by atoms with van der Waals surface area (Å²) in [6.07, 6.45) is 1.46. The molecule has 4 amide bonds. The lowest BCUT2D eigenvalue weighted by Gasteiger charge is -2.27. The summed E-state index contributed by atoms with van der Waals surface area (Å²) in [6.45, 7) is 6.42. The molecule has 0 bridgehead atoms. The molecule has 0 aromatic heterocycles. The monoisotopic (exact) mass is 674 g/mol. The zero-order chi connectivity index (χ0) is 26.7. The minimum Gasteiger partial charge on any atom is -0.490 e. The zero-order valence-corrected chi connectivity index (χ0v) is 24.2. The average Bonchev–Trinajstić information content (AvgIpc) is 2.84. The number of nitrogens with zero attached hydrogens (tertiary/aromatic N) is 1. The third-order valence-corrected chi connectivity index (χ3v) is 7.40. The second kappa shape index (κ2) is 11.5. The smallest absolute Gasteiger partial charge is 0.335 e. The lowest BCUT2D eigenvalue weighted by Crippen LogP contribution is -2.54. The molecule has 1 aliphatic heterocycles. The van der Waals surface area contributed by atoms with Gasteiger partial charge in [-0.15, -0.1) is 0 Å². The van der Waals surface area contributed by atoms with E-state index in [-0.39, 0.29) is 5.57 Å². The molecule has 37 heavy (non-hydrogen) atoms. The maximum atomic E-state index is 13.3. The van der Waals surface area contributed by atoms with Crippen molar-refractivity contribution >= 4 is 68.1 Å². The number of hydrogen-bond acceptors (Lipinski definition) is 5. The Balaban J connectivity index is 1.67. The van der Waals surface area contributed by atoms with E-state index in [2.05, 4.69) is 43.8 Å². The molecule has 1 heterocycles. The molecule has 0 atom stereocenters. The number of halogens is 2. The van der Waals surface area contributed by atoms with Crippen LogP contribution in [0.25, 0.3) is 6.08 Å². The fourth-order valence-electron chi connectivity index (χ4n) is 3.76. The number of ether oxygens (including phenoxy) is 2. The molecular formula is C28H24BrIN2O5. The molecule has 7 nitrogen and oxygen atoms in total. The van der Waals surface area contributed by atoms with Crippen LogP contribution < -0.4 is 19.7 Å². The van der Waals surface area contributed by atoms with Gasteiger partial charge in [0.25, 0.3) is 11.8 Å². The fourth-order valence-corrected chi connectivity index (χ4v) is 4.94. The second-order valence-electron chi connectivity index (χ2n) is 8.37. The Kier molecular flexibility index (Phi) is 8.33. The molecular weight excluding hydrogens is 651 g/mol. The number of carbonyl (C=O) groups is 3. The molecule has 3 aromatic rings. The lowest BCUT2D eigenvalue weighted by atomic mass is 10.0. The highest BCUT2D eigenvalue weighted by molar-refractivity contribution is 14.1. The normalized spacial score (nSPS) is 14.7. The topological polar surface area (TPSA) is 84.9 Å². The summed E-state index contributed by atoms with van der Waals surface area (Å²) in [7, 11) is 0. The number of barbiturate groups is 1. The Morgan fingerprint density at radius 2 is 1.76 bits per heavy atom. The van der Waals surface area contributed by atoms with Crippen molar-refractivity contribution in [3.8, 4) is 11.5 Å². The number of benzene rings is 3. The Morgan fingerprint density at radius 3 is 2.46 bits per heavy atom. The van der Waals surface area contributed by atoms with Gasteiger partial charge in [0.2, 0.25) is 0 Å². The molecule has 0 unspecified atom stereocenters. The number of aryl methyl sites for hydroxylation is 2. The van der Waals surface area contributed by atoms with E-state index >= 15 is 0 Å². The quantitative estimate of drug-likeness (QED) is 0.180. The van der Waals surface area contributed by atoms with Crippen LogP contribution in [-0.2, 0) is 16.2 Å². The van der Waals surface area contributed by atoms with E-state index in [1.807, 2.05) is 51.1 Å². The Bertz CT molecular complexity index is 1440. The van der Waals surface area contributed by atoms with Crippen LogP contribution in [0.4, 0.5) is 10.5 Å². The number of carbonyl (C=O) groups excluding carboxylic acids is 3. The number of rotatable bonds is 7. The molecule has 0 saturated carbocycles. The predicted octanol–water partition coefficient (Wildman–Crippen LogP) is 6.31. The van der Waals surface area contributed by atoms with Crippen molar-refractivity contribution in [3.05, 3.63) is 90.5 Å². The van der Waals surface area contributed by atoms with Crippen molar-refractivity contribution in [2.75, 3.05) is 11.5 Å². The predicted molar refractivity (Wildman–Crippen MR) is 154 cm³/mol. The largest absolute Gasteiger partial charge is 0.490 e. The van der Waals surface area contributed by atoms with E-state index in [0.717, 1.165) is 29.6 Å². The van der Waals surface area contributed by atoms with Crippen LogP contribution >= 0.6 is 38.5 Å². The van der Waals surface area contributed by atoms with Crippen molar-refractivity contribution in [2.24, 2.45) is 0 Å². The van der Waals surface area contributed by atoms with Gasteiger partial charge in [-0.25, -0.2) is 9.69 Å². The van der Waals surface area contributed by atoms with Crippen LogP contribution in [0, 0.1) is 17.4 Å². The summed E-state index contributed by atoms with van der Waals surface area (Å²) in [5.41, 5.74) is 3.74. The summed E-state index contributed by atoms with van der Waals surface area (Å²) in [6, 6.07) is 15.8. The molecule has 0 spiro atoms. The second-order valence-corrected chi connectivity index (χ2v) is 10.4. The standard InChI is InChI=1S/C28H24BrIN2O5/c1-4-36-24-14-18(13-23(30)25(24)37-15-19-7-5-6-8-22(19)29)12-21-26(33)31-28(35)32(27(21)34)20-10-9-16(2)17(3)11-20/h5-14H,4,15H2,1-3H3,(H,31,33,35)/b21-12+. The summed E-state index contributed by atoms with van der Waals surface area (Å²) in [5.74, 6) is -0.401. The molecule has 9 heteroatoms. The number of urea groups is 1. The Labute approximate surface area is 237 Å². The highest BCUT2D eigenvalue weighted by Gasteiger charge is 2.37. The minimum atomic E-state index is -0.782. The molecule has 0 aliphatic carbocycles. The van der Waals surface area contributed by atoms with Gasteiger partial charge >= 0.3 is 6.03 Å². The van der Waals surface area contributed by atoms with Crippen molar-refractivity contribution < 1.29 is 23.9 Å². The van der Waals surface area contributed by atoms with Gasteiger partial charge in [0.05, 0.1) is 15.9 Å². The number of hydrogen-bond donors (Lipinski definition) is 1. The van der Waals surface area contributed by atoms with Crippen LogP contribution in [-0.4, -0.2) is 24.5 Å². The summed E-state index contributed by atoms with van der Waals surface area (Å²) in [4.78, 5) is 39.5. The number of imide groups is 2. The van der Waals surface area contributed by atoms with Crippen LogP contribution in [0.3, 0.4) is 0 Å². The number of nitrogens with one attached hydrogen (secondary N) is 1. The van der Waals surface area contributed by atoms with Crippen LogP contribution in [0.15, 0.2) is 64.6 Å². The van der Waals surface area contributed by atoms with Crippen LogP contribution in [0.2, 0.25) is 0 Å². The molecule has 190 valence electrons. The summed E-state index contributed by atoms with van der Waals surface area (Å²) in [5, 5.41) is 2.27. The zero-order valence-electron chi connectivity index (χ0n) is 20.4. The van der Waals surface area contributed by atoms with Gasteiger partial charge in [-0.05, 0) is 96.5 Å². The van der Waals surface area contributed by atoms with Gasteiger partial charge in [-0.1, -0.05) is 40.2 Å². The van der Waals surface area contributed by atoms with E-state index in [1.165, 1.54) is 6.08 Å². The first-order valence-corrected chi connectivity index (χ1v) is 13.4. The van der Waals surface area contributed by atoms with Gasteiger partial charge in [0.1, 0.15) is 12.2 Å². The van der Waals surface area contributed by atoms with Gasteiger partial charge in [0.15, 0.2) is 11.5 Å². The summed E-state index contributed by atoms with van der Waals surface area (Å²) >= 11 is 5.67. The molecule has 0 radical (unpaired) electrons. The first-order valence-electron chi connectivity index (χ1n) is 11.5. The van der Waals surface area contributed by atoms with E-state index in [4.69, 9.17) is 9.47 Å². The summed E-state index contributed by atoms with van der Waals surface area (Å²) < 4.78 is 13.6. The van der Waals surface area contributed by atoms with Gasteiger partial charge in [0, 0.05) is 10.0 Å². The average molecular weight is 675 g/mol. The number of anilines is 1. The van der Waals surface area contributed by atoms with Crippen molar-refractivity contribution in [1.82, 2.24) is 5.32 Å². The Morgan fingerprint density at radius 1 is 1.00 bits per heavy atom. The maximum Gasteiger partial charge on any atom is 0.335 e. The minimum absolute atomic E-state index is 0.155. The first kappa shape index (κ1) is 26.9. The fraction of sp³-hybridized carbons (Fsp3) is 0.179. The molecule has 4 rings (SSSR count). The first-order chi connectivity index (χ1) is 17.7. The SMILES string of the molecule is CCOc1cc(/C=C2\C(=O)NC(=O)N(c3ccc(C)c(C)c3)C2=O)cc(I)c1OCc1ccccc1Br. The molecule has 1 aliphatic rings. The maximum absolute atomic E-state index is 13.3. The van der Waals surface area contributed by atoms with E-state index < -0.39 is 17.8 Å². The molecule has 1 fully saturated rings. The van der Waals surface area contributed by atoms with E-state index in [1.54, 1.807) is 24.3 Å². The van der Waals surface area contributed by atoms with Gasteiger partial charge < -0.3 is 9.47 Å². The lowest BCUT2D eigenvalue weighted by molar-refractivity contribution is -0.122. The van der Waals surface area contributed by atoms with E-state index in [9.17, 15) is 14.4 Å². The van der Waals surface area contributed by atoms with Gasteiger partial charge in [-0.3, -0.25) is 14.9 Å². The van der Waals surface area contributed by atoms with Gasteiger partial charge in [-0.2, -0.15) is 0 Å². The molecule has 1 saturated heterocycles. The Hall–Kier alpha value is -3.18.